The number of nitrogens with two attached hydrogens (primary N) is 2. The van der Waals surface area contributed by atoms with Gasteiger partial charge >= 0.3 is 0 Å². The van der Waals surface area contributed by atoms with Gasteiger partial charge in [-0.05, 0) is 55.6 Å². The fraction of sp³-hybridized carbons (Fsp3) is 0.643. The number of hydrogen-bond acceptors (Lipinski definition) is 3. The predicted octanol–water partition coefficient (Wildman–Crippen LogP) is 1.78. The van der Waals surface area contributed by atoms with Gasteiger partial charge in [0.15, 0.2) is 0 Å². The maximum absolute atomic E-state index is 6.58. The van der Waals surface area contributed by atoms with Crippen LogP contribution in [0.3, 0.4) is 0 Å². The van der Waals surface area contributed by atoms with Crippen LogP contribution in [0.25, 0.3) is 0 Å². The molecule has 92 valence electrons. The maximum Gasteiger partial charge on any atom is 0.0302 e. The first-order valence-electron chi connectivity index (χ1n) is 6.63. The zero-order chi connectivity index (χ0) is 11.9. The molecule has 0 spiro atoms. The van der Waals surface area contributed by atoms with E-state index >= 15 is 0 Å². The second-order valence-electron chi connectivity index (χ2n) is 5.81. The molecule has 2 aliphatic rings. The second kappa shape index (κ2) is 4.07. The topological polar surface area (TPSA) is 64.9 Å². The Kier molecular flexibility index (Phi) is 2.68. The van der Waals surface area contributed by atoms with Crippen molar-refractivity contribution in [1.82, 2.24) is 4.98 Å². The lowest BCUT2D eigenvalue weighted by Crippen LogP contribution is -2.48. The first-order valence-corrected chi connectivity index (χ1v) is 6.63. The van der Waals surface area contributed by atoms with Gasteiger partial charge in [0.05, 0.1) is 0 Å². The van der Waals surface area contributed by atoms with Gasteiger partial charge in [-0.15, -0.1) is 0 Å². The molecule has 3 heteroatoms. The third-order valence-electron chi connectivity index (χ3n) is 4.60. The van der Waals surface area contributed by atoms with E-state index in [0.717, 1.165) is 25.7 Å². The van der Waals surface area contributed by atoms with E-state index in [0.29, 0.717) is 17.9 Å². The molecule has 1 heterocycles. The van der Waals surface area contributed by atoms with Crippen molar-refractivity contribution in [2.75, 3.05) is 0 Å². The number of nitrogens with zero attached hydrogens (tertiary/aromatic N) is 1. The van der Waals surface area contributed by atoms with Gasteiger partial charge in [-0.1, -0.05) is 6.07 Å². The van der Waals surface area contributed by atoms with Crippen LogP contribution in [0.15, 0.2) is 24.5 Å². The monoisotopic (exact) mass is 231 g/mol. The van der Waals surface area contributed by atoms with Crippen molar-refractivity contribution in [2.45, 2.75) is 49.6 Å². The van der Waals surface area contributed by atoms with Gasteiger partial charge in [0.1, 0.15) is 0 Å². The summed E-state index contributed by atoms with van der Waals surface area (Å²) in [6.45, 7) is 0. The molecule has 0 bridgehead atoms. The molecule has 0 aliphatic heterocycles. The van der Waals surface area contributed by atoms with Crippen LogP contribution in [-0.4, -0.2) is 16.6 Å². The van der Waals surface area contributed by atoms with Gasteiger partial charge in [-0.2, -0.15) is 0 Å². The van der Waals surface area contributed by atoms with Gasteiger partial charge in [-0.25, -0.2) is 0 Å². The summed E-state index contributed by atoms with van der Waals surface area (Å²) >= 11 is 0. The number of hydrogen-bond donors (Lipinski definition) is 2. The molecule has 2 aliphatic carbocycles. The van der Waals surface area contributed by atoms with E-state index in [4.69, 9.17) is 11.5 Å². The molecule has 0 amide bonds. The molecular formula is C14H21N3. The molecule has 0 aromatic carbocycles. The molecule has 2 atom stereocenters. The average molecular weight is 231 g/mol. The van der Waals surface area contributed by atoms with E-state index in [1.165, 1.54) is 12.0 Å². The lowest BCUT2D eigenvalue weighted by Gasteiger charge is -2.36. The van der Waals surface area contributed by atoms with E-state index in [2.05, 4.69) is 11.1 Å². The number of aromatic nitrogens is 1. The summed E-state index contributed by atoms with van der Waals surface area (Å²) in [5, 5.41) is 0. The Morgan fingerprint density at radius 2 is 2.06 bits per heavy atom. The van der Waals surface area contributed by atoms with Crippen molar-refractivity contribution in [3.63, 3.8) is 0 Å². The highest BCUT2D eigenvalue weighted by Crippen LogP contribution is 2.55. The first-order chi connectivity index (χ1) is 8.19. The van der Waals surface area contributed by atoms with Crippen LogP contribution >= 0.6 is 0 Å². The highest BCUT2D eigenvalue weighted by atomic mass is 14.8. The molecule has 4 N–H and O–H groups in total. The van der Waals surface area contributed by atoms with Crippen molar-refractivity contribution in [2.24, 2.45) is 17.4 Å². The summed E-state index contributed by atoms with van der Waals surface area (Å²) in [6, 6.07) is 4.57. The van der Waals surface area contributed by atoms with E-state index in [9.17, 15) is 0 Å². The quantitative estimate of drug-likeness (QED) is 0.815. The Morgan fingerprint density at radius 3 is 2.71 bits per heavy atom. The Hall–Kier alpha value is -0.930. The van der Waals surface area contributed by atoms with Crippen LogP contribution in [0, 0.1) is 5.92 Å². The third-order valence-corrected chi connectivity index (χ3v) is 4.60. The van der Waals surface area contributed by atoms with Crippen molar-refractivity contribution < 1.29 is 0 Å². The van der Waals surface area contributed by atoms with Crippen LogP contribution in [-0.2, 0) is 0 Å². The summed E-state index contributed by atoms with van der Waals surface area (Å²) in [5.41, 5.74) is 13.9. The smallest absolute Gasteiger partial charge is 0.0302 e. The lowest BCUT2D eigenvalue weighted by molar-refractivity contribution is 0.239. The number of rotatable bonds is 2. The minimum atomic E-state index is 0.0381. The minimum absolute atomic E-state index is 0.0381. The Balaban J connectivity index is 1.68. The van der Waals surface area contributed by atoms with Gasteiger partial charge < -0.3 is 11.5 Å². The molecule has 1 aromatic heterocycles. The van der Waals surface area contributed by atoms with Crippen molar-refractivity contribution >= 4 is 0 Å². The average Bonchev–Trinajstić information content (AvgIpc) is 3.15. The normalized spacial score (nSPS) is 41.2. The lowest BCUT2D eigenvalue weighted by atomic mass is 9.76. The summed E-state index contributed by atoms with van der Waals surface area (Å²) in [5.74, 6) is 1.29. The molecule has 3 rings (SSSR count). The Labute approximate surface area is 103 Å². The summed E-state index contributed by atoms with van der Waals surface area (Å²) < 4.78 is 0. The Morgan fingerprint density at radius 1 is 1.29 bits per heavy atom. The molecule has 2 fully saturated rings. The molecular weight excluding hydrogens is 210 g/mol. The minimum Gasteiger partial charge on any atom is -0.328 e. The zero-order valence-corrected chi connectivity index (χ0v) is 10.2. The molecule has 3 nitrogen and oxygen atoms in total. The van der Waals surface area contributed by atoms with Crippen LogP contribution < -0.4 is 11.5 Å². The fourth-order valence-electron chi connectivity index (χ4n) is 3.34. The number of pyridine rings is 1. The maximum atomic E-state index is 6.58. The molecule has 0 saturated heterocycles. The molecule has 0 radical (unpaired) electrons. The van der Waals surface area contributed by atoms with E-state index in [1.54, 1.807) is 0 Å². The highest BCUT2D eigenvalue weighted by molar-refractivity contribution is 5.26. The molecule has 0 unspecified atom stereocenters. The zero-order valence-electron chi connectivity index (χ0n) is 10.2. The van der Waals surface area contributed by atoms with E-state index < -0.39 is 0 Å². The summed E-state index contributed by atoms with van der Waals surface area (Å²) in [6.07, 6.45) is 9.42. The van der Waals surface area contributed by atoms with Gasteiger partial charge in [0.25, 0.3) is 0 Å². The van der Waals surface area contributed by atoms with E-state index in [1.807, 2.05) is 18.5 Å². The van der Waals surface area contributed by atoms with Gasteiger partial charge in [0, 0.05) is 24.0 Å². The van der Waals surface area contributed by atoms with Gasteiger partial charge in [-0.3, -0.25) is 4.98 Å². The fourth-order valence-corrected chi connectivity index (χ4v) is 3.34. The Bertz CT molecular complexity index is 382. The first kappa shape index (κ1) is 11.2. The SMILES string of the molecule is NC1CCC(N)([C@@H]2C[C@H]2c2cccnc2)CC1. The van der Waals surface area contributed by atoms with Crippen LogP contribution in [0.5, 0.6) is 0 Å². The van der Waals surface area contributed by atoms with Crippen LogP contribution in [0.2, 0.25) is 0 Å². The molecule has 1 aromatic rings. The predicted molar refractivity (Wildman–Crippen MR) is 68.4 cm³/mol. The van der Waals surface area contributed by atoms with Crippen LogP contribution in [0.1, 0.15) is 43.6 Å². The van der Waals surface area contributed by atoms with Crippen molar-refractivity contribution in [3.8, 4) is 0 Å². The largest absolute Gasteiger partial charge is 0.328 e. The van der Waals surface area contributed by atoms with Crippen molar-refractivity contribution in [3.05, 3.63) is 30.1 Å². The highest BCUT2D eigenvalue weighted by Gasteiger charge is 2.51. The summed E-state index contributed by atoms with van der Waals surface area (Å²) in [4.78, 5) is 4.20. The van der Waals surface area contributed by atoms with Crippen LogP contribution in [0.4, 0.5) is 0 Å². The standard InChI is InChI=1S/C14H21N3/c15-11-3-5-14(16,6-4-11)13-8-12(13)10-2-1-7-17-9-10/h1-2,7,9,11-13H,3-6,8,15-16H2/t11?,12-,13+,14?/m0/s1. The summed E-state index contributed by atoms with van der Waals surface area (Å²) in [7, 11) is 0. The molecule has 17 heavy (non-hydrogen) atoms. The third kappa shape index (κ3) is 2.09. The molecule has 2 saturated carbocycles. The second-order valence-corrected chi connectivity index (χ2v) is 5.81. The van der Waals surface area contributed by atoms with Gasteiger partial charge in [0.2, 0.25) is 0 Å². The van der Waals surface area contributed by atoms with E-state index in [-0.39, 0.29) is 5.54 Å². The van der Waals surface area contributed by atoms with Crippen molar-refractivity contribution in [1.29, 1.82) is 0 Å².